The van der Waals surface area contributed by atoms with Gasteiger partial charge in [-0.25, -0.2) is 18.2 Å². The van der Waals surface area contributed by atoms with Crippen molar-refractivity contribution in [1.29, 1.82) is 0 Å². The Hall–Kier alpha value is -6.17. The van der Waals surface area contributed by atoms with Crippen molar-refractivity contribution in [3.8, 4) is 23.1 Å². The maximum Gasteiger partial charge on any atom is 0.323 e. The van der Waals surface area contributed by atoms with E-state index in [1.54, 1.807) is 54.7 Å². The molecule has 2 heterocycles. The molecule has 1 aliphatic heterocycles. The molecule has 17 heteroatoms. The van der Waals surface area contributed by atoms with Crippen molar-refractivity contribution < 1.29 is 37.0 Å². The quantitative estimate of drug-likeness (QED) is 0.0812. The summed E-state index contributed by atoms with van der Waals surface area (Å²) in [4.78, 5) is 37.6. The maximum atomic E-state index is 13.5. The molecular weight excluding hydrogens is 765 g/mol. The van der Waals surface area contributed by atoms with Crippen molar-refractivity contribution in [3.63, 3.8) is 0 Å². The molecule has 1 aliphatic rings. The molecular formula is C41H48N8O8S. The number of carbonyl (C=O) groups excluding carboxylic acids is 2. The van der Waals surface area contributed by atoms with Crippen LogP contribution in [0.2, 0.25) is 0 Å². The average molecular weight is 813 g/mol. The Morgan fingerprint density at radius 2 is 1.59 bits per heavy atom. The van der Waals surface area contributed by atoms with E-state index in [2.05, 4.69) is 40.9 Å². The summed E-state index contributed by atoms with van der Waals surface area (Å²) in [6.07, 6.45) is 2.60. The van der Waals surface area contributed by atoms with E-state index in [9.17, 15) is 18.0 Å². The van der Waals surface area contributed by atoms with E-state index in [1.807, 2.05) is 45.0 Å². The Bertz CT molecular complexity index is 2400. The van der Waals surface area contributed by atoms with Crippen molar-refractivity contribution in [1.82, 2.24) is 20.2 Å². The summed E-state index contributed by atoms with van der Waals surface area (Å²) in [7, 11) is -0.742. The van der Waals surface area contributed by atoms with E-state index in [0.717, 1.165) is 31.5 Å². The number of hydrogen-bond acceptors (Lipinski definition) is 12. The number of methoxy groups -OCH3 is 2. The van der Waals surface area contributed by atoms with Gasteiger partial charge >= 0.3 is 6.03 Å². The molecule has 0 atom stereocenters. The Labute approximate surface area is 337 Å². The highest BCUT2D eigenvalue weighted by Crippen LogP contribution is 2.40. The number of amides is 3. The van der Waals surface area contributed by atoms with Gasteiger partial charge in [-0.15, -0.1) is 0 Å². The molecule has 0 unspecified atom stereocenters. The Morgan fingerprint density at radius 1 is 0.862 bits per heavy atom. The van der Waals surface area contributed by atoms with Crippen molar-refractivity contribution in [3.05, 3.63) is 90.1 Å². The molecule has 306 valence electrons. The minimum absolute atomic E-state index is 0.162. The van der Waals surface area contributed by atoms with Crippen LogP contribution in [0.25, 0.3) is 10.8 Å². The zero-order valence-corrected chi connectivity index (χ0v) is 34.1. The molecule has 0 radical (unpaired) electrons. The fourth-order valence-corrected chi connectivity index (χ4v) is 6.85. The van der Waals surface area contributed by atoms with E-state index in [0.29, 0.717) is 59.0 Å². The van der Waals surface area contributed by atoms with Crippen molar-refractivity contribution in [2.45, 2.75) is 26.2 Å². The largest absolute Gasteiger partial charge is 0.496 e. The van der Waals surface area contributed by atoms with Gasteiger partial charge in [0.1, 0.15) is 11.5 Å². The number of urea groups is 1. The Morgan fingerprint density at radius 3 is 2.29 bits per heavy atom. The van der Waals surface area contributed by atoms with Crippen LogP contribution in [0.1, 0.15) is 36.7 Å². The number of nitrogens with zero attached hydrogens (tertiary/aromatic N) is 3. The minimum atomic E-state index is -3.65. The molecule has 1 saturated heterocycles. The van der Waals surface area contributed by atoms with Crippen molar-refractivity contribution in [2.75, 3.05) is 80.5 Å². The fourth-order valence-electron chi connectivity index (χ4n) is 6.30. The maximum absolute atomic E-state index is 13.5. The topological polar surface area (TPSA) is 194 Å². The first kappa shape index (κ1) is 41.5. The lowest BCUT2D eigenvalue weighted by Crippen LogP contribution is -2.41. The lowest BCUT2D eigenvalue weighted by atomic mass is 9.86. The summed E-state index contributed by atoms with van der Waals surface area (Å²) < 4.78 is 49.6. The van der Waals surface area contributed by atoms with Gasteiger partial charge in [0, 0.05) is 61.0 Å². The van der Waals surface area contributed by atoms with Crippen LogP contribution in [-0.2, 0) is 20.2 Å². The molecule has 0 saturated carbocycles. The first-order valence-electron chi connectivity index (χ1n) is 18.5. The van der Waals surface area contributed by atoms with Gasteiger partial charge in [0.2, 0.25) is 21.9 Å². The molecule has 6 rings (SSSR count). The molecule has 0 spiro atoms. The third kappa shape index (κ3) is 10.6. The summed E-state index contributed by atoms with van der Waals surface area (Å²) in [6.45, 7) is 10.3. The third-order valence-corrected chi connectivity index (χ3v) is 9.79. The number of carbonyl (C=O) groups is 2. The number of nitrogens with one attached hydrogen (secondary N) is 5. The van der Waals surface area contributed by atoms with Gasteiger partial charge in [-0.3, -0.25) is 14.4 Å². The predicted octanol–water partition coefficient (Wildman–Crippen LogP) is 6.56. The second-order valence-electron chi connectivity index (χ2n) is 14.5. The summed E-state index contributed by atoms with van der Waals surface area (Å²) in [6, 6.07) is 20.5. The molecule has 0 bridgehead atoms. The number of aromatic nitrogens is 2. The molecule has 58 heavy (non-hydrogen) atoms. The number of benzene rings is 4. The zero-order chi connectivity index (χ0) is 41.5. The zero-order valence-electron chi connectivity index (χ0n) is 33.3. The van der Waals surface area contributed by atoms with E-state index in [4.69, 9.17) is 18.9 Å². The molecule has 3 amide bonds. The van der Waals surface area contributed by atoms with Crippen LogP contribution < -0.4 is 40.2 Å². The number of sulfonamides is 1. The average Bonchev–Trinajstić information content (AvgIpc) is 3.18. The van der Waals surface area contributed by atoms with Gasteiger partial charge in [0.15, 0.2) is 5.75 Å². The number of fused-ring (bicyclic) bond motifs is 1. The number of hydrogen-bond donors (Lipinski definition) is 5. The molecule has 5 aromatic rings. The molecule has 1 fully saturated rings. The highest BCUT2D eigenvalue weighted by atomic mass is 32.2. The first-order chi connectivity index (χ1) is 27.7. The van der Waals surface area contributed by atoms with Crippen LogP contribution in [-0.4, -0.2) is 95.1 Å². The molecule has 4 aromatic carbocycles. The summed E-state index contributed by atoms with van der Waals surface area (Å²) >= 11 is 0. The number of ether oxygens (including phenoxy) is 4. The van der Waals surface area contributed by atoms with Gasteiger partial charge in [-0.1, -0.05) is 45.0 Å². The van der Waals surface area contributed by atoms with Crippen LogP contribution in [0.5, 0.6) is 23.1 Å². The first-order valence-corrected chi connectivity index (χ1v) is 20.4. The molecule has 1 aromatic heterocycles. The number of anilines is 5. The monoisotopic (exact) mass is 812 g/mol. The third-order valence-electron chi connectivity index (χ3n) is 9.20. The van der Waals surface area contributed by atoms with Crippen LogP contribution in [0, 0.1) is 0 Å². The van der Waals surface area contributed by atoms with Crippen LogP contribution in [0.4, 0.5) is 33.5 Å². The van der Waals surface area contributed by atoms with Crippen LogP contribution >= 0.6 is 0 Å². The van der Waals surface area contributed by atoms with Crippen molar-refractivity contribution in [2.24, 2.45) is 0 Å². The Kier molecular flexibility index (Phi) is 12.8. The second kappa shape index (κ2) is 18.0. The Balaban J connectivity index is 1.15. The van der Waals surface area contributed by atoms with Gasteiger partial charge in [-0.05, 0) is 47.4 Å². The highest BCUT2D eigenvalue weighted by Gasteiger charge is 2.23. The summed E-state index contributed by atoms with van der Waals surface area (Å²) in [5.74, 6) is 1.31. The van der Waals surface area contributed by atoms with Crippen LogP contribution in [0.3, 0.4) is 0 Å². The molecule has 16 nitrogen and oxygen atoms in total. The molecule has 5 N–H and O–H groups in total. The van der Waals surface area contributed by atoms with E-state index in [-0.39, 0.29) is 40.3 Å². The van der Waals surface area contributed by atoms with Gasteiger partial charge in [0.05, 0.1) is 56.3 Å². The van der Waals surface area contributed by atoms with Crippen LogP contribution in [0.15, 0.2) is 79.0 Å². The van der Waals surface area contributed by atoms with Gasteiger partial charge in [0.25, 0.3) is 5.91 Å². The fraction of sp³-hybridized carbons (Fsp3) is 0.317. The lowest BCUT2D eigenvalue weighted by Gasteiger charge is -2.26. The van der Waals surface area contributed by atoms with E-state index in [1.165, 1.54) is 14.2 Å². The molecule has 0 aliphatic carbocycles. The second-order valence-corrected chi connectivity index (χ2v) is 16.3. The normalized spacial score (nSPS) is 13.3. The lowest BCUT2D eigenvalue weighted by molar-refractivity contribution is 0.0383. The summed E-state index contributed by atoms with van der Waals surface area (Å²) in [5, 5.41) is 13.2. The van der Waals surface area contributed by atoms with Gasteiger partial charge < -0.3 is 40.2 Å². The predicted molar refractivity (Wildman–Crippen MR) is 225 cm³/mol. The summed E-state index contributed by atoms with van der Waals surface area (Å²) in [5.41, 5.74) is 2.39. The number of morpholine rings is 1. The van der Waals surface area contributed by atoms with E-state index < -0.39 is 16.1 Å². The minimum Gasteiger partial charge on any atom is -0.496 e. The van der Waals surface area contributed by atoms with Crippen molar-refractivity contribution >= 4 is 61.4 Å². The smallest absolute Gasteiger partial charge is 0.323 e. The SMILES string of the molecule is COc1cc(Nc2nccc(Oc3ccc(NC(=O)Nc4cc(C(C)(C)C)cc(NS(C)(=O)=O)c4OC)c4ccccc34)n2)ccc1C(=O)NCCN1CCOCC1. The van der Waals surface area contributed by atoms with E-state index >= 15 is 0 Å². The standard InChI is InChI=1S/C41H48N8O8S/c1-41(2,3)26-23-32(37(55-5)33(24-26)48-58(6,52)53)46-40(51)45-31-13-14-34(29-10-8-7-9-28(29)31)57-36-15-16-43-39(47-36)44-27-11-12-30(35(25-27)54-4)38(50)42-17-18-49-19-21-56-22-20-49/h7-16,23-25,48H,17-22H2,1-6H3,(H,42,50)(H,43,44,47)(H2,45,46,51). The number of rotatable bonds is 14. The van der Waals surface area contributed by atoms with Gasteiger partial charge in [-0.2, -0.15) is 4.98 Å². The highest BCUT2D eigenvalue weighted by molar-refractivity contribution is 7.92.